The maximum atomic E-state index is 12.1. The second-order valence-corrected chi connectivity index (χ2v) is 6.36. The summed E-state index contributed by atoms with van der Waals surface area (Å²) < 4.78 is 0.940. The van der Waals surface area contributed by atoms with Crippen LogP contribution in [0.15, 0.2) is 28.7 Å². The van der Waals surface area contributed by atoms with Crippen molar-refractivity contribution in [2.24, 2.45) is 0 Å². The van der Waals surface area contributed by atoms with Crippen molar-refractivity contribution >= 4 is 39.3 Å². The first kappa shape index (κ1) is 17.5. The predicted molar refractivity (Wildman–Crippen MR) is 90.8 cm³/mol. The molecule has 0 unspecified atom stereocenters. The monoisotopic (exact) mass is 381 g/mol. The first-order valence-corrected chi connectivity index (χ1v) is 8.33. The molecule has 1 aromatic rings. The van der Waals surface area contributed by atoms with E-state index in [4.69, 9.17) is 0 Å². The lowest BCUT2D eigenvalue weighted by atomic mass is 10.2. The van der Waals surface area contributed by atoms with E-state index in [0.29, 0.717) is 31.9 Å². The molecule has 2 rings (SSSR count). The van der Waals surface area contributed by atoms with E-state index < -0.39 is 0 Å². The van der Waals surface area contributed by atoms with Crippen LogP contribution in [-0.4, -0.2) is 53.7 Å². The maximum absolute atomic E-state index is 12.1. The Hall–Kier alpha value is -1.89. The SMILES string of the molecule is CC(=O)N1CCN(C(=O)CCC(=O)Nc2ccc(Br)cc2)CC1. The molecule has 6 nitrogen and oxygen atoms in total. The molecule has 1 fully saturated rings. The molecular formula is C16H20BrN3O3. The van der Waals surface area contributed by atoms with Gasteiger partial charge in [0.05, 0.1) is 0 Å². The van der Waals surface area contributed by atoms with Gasteiger partial charge in [-0.2, -0.15) is 0 Å². The van der Waals surface area contributed by atoms with Crippen LogP contribution in [-0.2, 0) is 14.4 Å². The van der Waals surface area contributed by atoms with Crippen molar-refractivity contribution in [1.82, 2.24) is 9.80 Å². The van der Waals surface area contributed by atoms with Crippen LogP contribution in [0.5, 0.6) is 0 Å². The number of amides is 3. The van der Waals surface area contributed by atoms with E-state index in [-0.39, 0.29) is 30.6 Å². The molecule has 1 aliphatic heterocycles. The molecule has 0 spiro atoms. The fourth-order valence-electron chi connectivity index (χ4n) is 2.41. The number of carbonyl (C=O) groups excluding carboxylic acids is 3. The average molecular weight is 382 g/mol. The van der Waals surface area contributed by atoms with Crippen molar-refractivity contribution in [2.75, 3.05) is 31.5 Å². The Morgan fingerprint density at radius 1 is 1.00 bits per heavy atom. The van der Waals surface area contributed by atoms with Gasteiger partial charge in [0.1, 0.15) is 0 Å². The number of rotatable bonds is 4. The van der Waals surface area contributed by atoms with Gasteiger partial charge in [-0.1, -0.05) is 15.9 Å². The van der Waals surface area contributed by atoms with Gasteiger partial charge in [-0.3, -0.25) is 14.4 Å². The summed E-state index contributed by atoms with van der Waals surface area (Å²) in [7, 11) is 0. The number of piperazine rings is 1. The molecule has 1 saturated heterocycles. The zero-order valence-electron chi connectivity index (χ0n) is 13.0. The number of carbonyl (C=O) groups is 3. The van der Waals surface area contributed by atoms with Crippen LogP contribution in [0, 0.1) is 0 Å². The Kier molecular flexibility index (Phi) is 6.15. The van der Waals surface area contributed by atoms with Gasteiger partial charge >= 0.3 is 0 Å². The minimum atomic E-state index is -0.178. The molecule has 3 amide bonds. The van der Waals surface area contributed by atoms with Gasteiger partial charge in [-0.05, 0) is 24.3 Å². The lowest BCUT2D eigenvalue weighted by molar-refractivity contribution is -0.138. The topological polar surface area (TPSA) is 69.7 Å². The Bertz CT molecular complexity index is 581. The molecule has 0 bridgehead atoms. The fraction of sp³-hybridized carbons (Fsp3) is 0.438. The quantitative estimate of drug-likeness (QED) is 0.864. The predicted octanol–water partition coefficient (Wildman–Crippen LogP) is 1.86. The lowest BCUT2D eigenvalue weighted by Crippen LogP contribution is -2.50. The van der Waals surface area contributed by atoms with Crippen LogP contribution in [0.1, 0.15) is 19.8 Å². The highest BCUT2D eigenvalue weighted by Crippen LogP contribution is 2.14. The van der Waals surface area contributed by atoms with Crippen molar-refractivity contribution in [1.29, 1.82) is 0 Å². The van der Waals surface area contributed by atoms with E-state index in [2.05, 4.69) is 21.2 Å². The van der Waals surface area contributed by atoms with Gasteiger partial charge < -0.3 is 15.1 Å². The Morgan fingerprint density at radius 3 is 2.13 bits per heavy atom. The van der Waals surface area contributed by atoms with Crippen LogP contribution in [0.3, 0.4) is 0 Å². The smallest absolute Gasteiger partial charge is 0.224 e. The Morgan fingerprint density at radius 2 is 1.57 bits per heavy atom. The highest BCUT2D eigenvalue weighted by atomic mass is 79.9. The van der Waals surface area contributed by atoms with Crippen molar-refractivity contribution in [3.63, 3.8) is 0 Å². The highest BCUT2D eigenvalue weighted by Gasteiger charge is 2.22. The number of halogens is 1. The molecule has 0 atom stereocenters. The average Bonchev–Trinajstić information content (AvgIpc) is 2.55. The standard InChI is InChI=1S/C16H20BrN3O3/c1-12(21)19-8-10-20(11-9-19)16(23)7-6-15(22)18-14-4-2-13(17)3-5-14/h2-5H,6-11H2,1H3,(H,18,22). The normalized spacial score (nSPS) is 14.5. The van der Waals surface area contributed by atoms with Gasteiger partial charge in [0.2, 0.25) is 17.7 Å². The van der Waals surface area contributed by atoms with E-state index in [0.717, 1.165) is 4.47 Å². The molecule has 1 aromatic carbocycles. The first-order chi connectivity index (χ1) is 11.0. The number of hydrogen-bond acceptors (Lipinski definition) is 3. The first-order valence-electron chi connectivity index (χ1n) is 7.54. The van der Waals surface area contributed by atoms with E-state index in [1.54, 1.807) is 21.9 Å². The van der Waals surface area contributed by atoms with Crippen molar-refractivity contribution in [2.45, 2.75) is 19.8 Å². The zero-order chi connectivity index (χ0) is 16.8. The van der Waals surface area contributed by atoms with Crippen LogP contribution in [0.4, 0.5) is 5.69 Å². The van der Waals surface area contributed by atoms with Crippen molar-refractivity contribution in [3.8, 4) is 0 Å². The molecule has 23 heavy (non-hydrogen) atoms. The summed E-state index contributed by atoms with van der Waals surface area (Å²) in [6.07, 6.45) is 0.338. The third-order valence-electron chi connectivity index (χ3n) is 3.77. The van der Waals surface area contributed by atoms with Crippen LogP contribution in [0.25, 0.3) is 0 Å². The number of nitrogens with one attached hydrogen (secondary N) is 1. The molecule has 7 heteroatoms. The molecule has 1 N–H and O–H groups in total. The fourth-order valence-corrected chi connectivity index (χ4v) is 2.67. The van der Waals surface area contributed by atoms with E-state index in [9.17, 15) is 14.4 Å². The lowest BCUT2D eigenvalue weighted by Gasteiger charge is -2.34. The third kappa shape index (κ3) is 5.35. The molecule has 1 heterocycles. The summed E-state index contributed by atoms with van der Waals surface area (Å²) in [6.45, 7) is 3.72. The summed E-state index contributed by atoms with van der Waals surface area (Å²) in [4.78, 5) is 38.7. The van der Waals surface area contributed by atoms with Crippen molar-refractivity contribution in [3.05, 3.63) is 28.7 Å². The largest absolute Gasteiger partial charge is 0.339 e. The molecule has 0 saturated carbocycles. The molecule has 0 radical (unpaired) electrons. The molecular weight excluding hydrogens is 362 g/mol. The summed E-state index contributed by atoms with van der Waals surface area (Å²) in [5.41, 5.74) is 0.709. The minimum absolute atomic E-state index is 0.0333. The van der Waals surface area contributed by atoms with Gasteiger partial charge in [-0.15, -0.1) is 0 Å². The summed E-state index contributed by atoms with van der Waals surface area (Å²) >= 11 is 3.33. The molecule has 1 aliphatic rings. The number of nitrogens with zero attached hydrogens (tertiary/aromatic N) is 2. The van der Waals surface area contributed by atoms with Crippen LogP contribution >= 0.6 is 15.9 Å². The van der Waals surface area contributed by atoms with E-state index >= 15 is 0 Å². The number of benzene rings is 1. The zero-order valence-corrected chi connectivity index (χ0v) is 14.6. The summed E-state index contributed by atoms with van der Waals surface area (Å²) in [5.74, 6) is -0.187. The van der Waals surface area contributed by atoms with Gasteiger partial charge in [0, 0.05) is 56.1 Å². The van der Waals surface area contributed by atoms with Crippen molar-refractivity contribution < 1.29 is 14.4 Å². The Labute approximate surface area is 143 Å². The maximum Gasteiger partial charge on any atom is 0.224 e. The minimum Gasteiger partial charge on any atom is -0.339 e. The molecule has 0 aromatic heterocycles. The summed E-state index contributed by atoms with van der Waals surface area (Å²) in [6, 6.07) is 7.28. The second-order valence-electron chi connectivity index (χ2n) is 5.44. The van der Waals surface area contributed by atoms with Gasteiger partial charge in [0.15, 0.2) is 0 Å². The van der Waals surface area contributed by atoms with E-state index in [1.807, 2.05) is 12.1 Å². The van der Waals surface area contributed by atoms with Crippen LogP contribution in [0.2, 0.25) is 0 Å². The summed E-state index contributed by atoms with van der Waals surface area (Å²) in [5, 5.41) is 2.77. The second kappa shape index (κ2) is 8.10. The number of anilines is 1. The molecule has 0 aliphatic carbocycles. The number of hydrogen-bond donors (Lipinski definition) is 1. The van der Waals surface area contributed by atoms with Gasteiger partial charge in [-0.25, -0.2) is 0 Å². The van der Waals surface area contributed by atoms with Crippen LogP contribution < -0.4 is 5.32 Å². The van der Waals surface area contributed by atoms with E-state index in [1.165, 1.54) is 6.92 Å². The van der Waals surface area contributed by atoms with Gasteiger partial charge in [0.25, 0.3) is 0 Å². The third-order valence-corrected chi connectivity index (χ3v) is 4.30. The Balaban J connectivity index is 1.73. The molecule has 124 valence electrons. The highest BCUT2D eigenvalue weighted by molar-refractivity contribution is 9.10.